The highest BCUT2D eigenvalue weighted by atomic mass is 35.5. The molecular weight excluding hydrogens is 389 g/mol. The van der Waals surface area contributed by atoms with Crippen molar-refractivity contribution < 1.29 is 22.3 Å². The summed E-state index contributed by atoms with van der Waals surface area (Å²) < 4.78 is 45.5. The summed E-state index contributed by atoms with van der Waals surface area (Å²) in [6, 6.07) is 8.09. The highest BCUT2D eigenvalue weighted by molar-refractivity contribution is 7.89. The molecule has 132 valence electrons. The molecule has 3 rings (SSSR count). The lowest BCUT2D eigenvalue weighted by molar-refractivity contribution is 0.0892. The average molecular weight is 402 g/mol. The van der Waals surface area contributed by atoms with Gasteiger partial charge in [0.1, 0.15) is 11.4 Å². The second kappa shape index (κ2) is 6.89. The second-order valence-corrected chi connectivity index (χ2v) is 8.37. The zero-order valence-electron chi connectivity index (χ0n) is 12.6. The molecule has 0 bridgehead atoms. The Balaban J connectivity index is 1.90. The van der Waals surface area contributed by atoms with Gasteiger partial charge < -0.3 is 9.52 Å². The van der Waals surface area contributed by atoms with E-state index in [2.05, 4.69) is 4.72 Å². The molecule has 1 atom stereocenters. The zero-order chi connectivity index (χ0) is 18.1. The number of thiophene rings is 1. The first-order valence-electron chi connectivity index (χ1n) is 7.07. The lowest BCUT2D eigenvalue weighted by Gasteiger charge is -2.26. The van der Waals surface area contributed by atoms with E-state index >= 15 is 0 Å². The fraction of sp³-hybridized carbons (Fsp3) is 0.125. The van der Waals surface area contributed by atoms with Crippen molar-refractivity contribution in [3.05, 3.63) is 75.6 Å². The normalized spacial score (nSPS) is 14.4. The van der Waals surface area contributed by atoms with Gasteiger partial charge in [-0.1, -0.05) is 17.7 Å². The van der Waals surface area contributed by atoms with Crippen LogP contribution in [-0.4, -0.2) is 20.1 Å². The van der Waals surface area contributed by atoms with Crippen LogP contribution >= 0.6 is 22.9 Å². The fourth-order valence-corrected chi connectivity index (χ4v) is 4.45. The van der Waals surface area contributed by atoms with E-state index in [1.165, 1.54) is 23.9 Å². The van der Waals surface area contributed by atoms with Crippen molar-refractivity contribution in [1.29, 1.82) is 0 Å². The van der Waals surface area contributed by atoms with E-state index in [1.54, 1.807) is 23.6 Å². The maximum absolute atomic E-state index is 13.2. The Morgan fingerprint density at radius 1 is 1.32 bits per heavy atom. The Labute approximate surface area is 152 Å². The predicted molar refractivity (Wildman–Crippen MR) is 92.6 cm³/mol. The summed E-state index contributed by atoms with van der Waals surface area (Å²) in [4.78, 5) is 0.355. The first kappa shape index (κ1) is 18.1. The Morgan fingerprint density at radius 3 is 2.72 bits per heavy atom. The van der Waals surface area contributed by atoms with Crippen LogP contribution in [0, 0.1) is 5.82 Å². The monoisotopic (exact) mass is 401 g/mol. The van der Waals surface area contributed by atoms with E-state index in [4.69, 9.17) is 16.0 Å². The van der Waals surface area contributed by atoms with Crippen molar-refractivity contribution in [2.45, 2.75) is 10.5 Å². The van der Waals surface area contributed by atoms with E-state index in [0.717, 1.165) is 18.2 Å². The highest BCUT2D eigenvalue weighted by Gasteiger charge is 2.35. The van der Waals surface area contributed by atoms with Crippen molar-refractivity contribution in [2.24, 2.45) is 0 Å². The molecule has 0 aliphatic carbocycles. The summed E-state index contributed by atoms with van der Waals surface area (Å²) in [6.07, 6.45) is 2.74. The summed E-state index contributed by atoms with van der Waals surface area (Å²) in [6.45, 7) is -0.329. The quantitative estimate of drug-likeness (QED) is 0.663. The number of halogens is 2. The van der Waals surface area contributed by atoms with E-state index in [1.807, 2.05) is 0 Å². The van der Waals surface area contributed by atoms with Gasteiger partial charge in [-0.05, 0) is 35.7 Å². The predicted octanol–water partition coefficient (Wildman–Crippen LogP) is 3.35. The molecule has 0 spiro atoms. The Morgan fingerprint density at radius 2 is 2.12 bits per heavy atom. The largest absolute Gasteiger partial charge is 0.472 e. The van der Waals surface area contributed by atoms with Crippen LogP contribution in [0.4, 0.5) is 4.39 Å². The Hall–Kier alpha value is -1.71. The average Bonchev–Trinajstić information content (AvgIpc) is 3.29. The lowest BCUT2D eigenvalue weighted by atomic mass is 9.95. The lowest BCUT2D eigenvalue weighted by Crippen LogP contribution is -2.40. The Bertz CT molecular complexity index is 922. The van der Waals surface area contributed by atoms with E-state index < -0.39 is 21.4 Å². The van der Waals surface area contributed by atoms with Gasteiger partial charge in [-0.15, -0.1) is 11.3 Å². The molecule has 0 saturated carbocycles. The molecule has 3 aromatic rings. The van der Waals surface area contributed by atoms with Crippen molar-refractivity contribution >= 4 is 33.0 Å². The van der Waals surface area contributed by atoms with Crippen LogP contribution in [0.2, 0.25) is 5.02 Å². The molecule has 9 heteroatoms. The highest BCUT2D eigenvalue weighted by Crippen LogP contribution is 2.33. The molecule has 1 unspecified atom stereocenters. The summed E-state index contributed by atoms with van der Waals surface area (Å²) in [5, 5.41) is 12.6. The third-order valence-corrected chi connectivity index (χ3v) is 6.36. The zero-order valence-corrected chi connectivity index (χ0v) is 15.0. The maximum Gasteiger partial charge on any atom is 0.240 e. The first-order chi connectivity index (χ1) is 11.8. The summed E-state index contributed by atoms with van der Waals surface area (Å²) >= 11 is 6.93. The van der Waals surface area contributed by atoms with Crippen LogP contribution in [0.1, 0.15) is 10.4 Å². The molecule has 0 amide bonds. The number of furan rings is 1. The summed E-state index contributed by atoms with van der Waals surface area (Å²) in [7, 11) is -4.00. The molecule has 0 fully saturated rings. The van der Waals surface area contributed by atoms with E-state index in [0.29, 0.717) is 10.4 Å². The number of aliphatic hydroxyl groups is 1. The number of rotatable bonds is 6. The van der Waals surface area contributed by atoms with Crippen LogP contribution in [0.25, 0.3) is 0 Å². The number of hydrogen-bond donors (Lipinski definition) is 2. The molecule has 1 aromatic carbocycles. The molecular formula is C16H13ClFNO4S2. The SMILES string of the molecule is O=S(=O)(NCC(O)(c1ccoc1)c1cccs1)c1ccc(F)c(Cl)c1. The standard InChI is InChI=1S/C16H13ClFNO4S2/c17-13-8-12(3-4-14(13)18)25(21,22)19-10-16(20,11-5-6-23-9-11)15-2-1-7-24-15/h1-9,19-20H,10H2. The molecule has 0 radical (unpaired) electrons. The van der Waals surface area contributed by atoms with Gasteiger partial charge >= 0.3 is 0 Å². The van der Waals surface area contributed by atoms with Crippen molar-refractivity contribution in [3.8, 4) is 0 Å². The number of nitrogens with one attached hydrogen (secondary N) is 1. The molecule has 2 aromatic heterocycles. The van der Waals surface area contributed by atoms with Gasteiger partial charge in [-0.2, -0.15) is 0 Å². The van der Waals surface area contributed by atoms with Crippen LogP contribution in [0.5, 0.6) is 0 Å². The van der Waals surface area contributed by atoms with Gasteiger partial charge in [0.2, 0.25) is 10.0 Å². The summed E-state index contributed by atoms with van der Waals surface area (Å²) in [5.41, 5.74) is -1.19. The van der Waals surface area contributed by atoms with E-state index in [9.17, 15) is 17.9 Å². The first-order valence-corrected chi connectivity index (χ1v) is 9.81. The molecule has 2 heterocycles. The van der Waals surface area contributed by atoms with Gasteiger partial charge in [0.15, 0.2) is 0 Å². The van der Waals surface area contributed by atoms with Crippen molar-refractivity contribution in [3.63, 3.8) is 0 Å². The maximum atomic E-state index is 13.2. The van der Waals surface area contributed by atoms with Crippen molar-refractivity contribution in [1.82, 2.24) is 4.72 Å². The second-order valence-electron chi connectivity index (χ2n) is 5.25. The van der Waals surface area contributed by atoms with E-state index in [-0.39, 0.29) is 16.5 Å². The van der Waals surface area contributed by atoms with Gasteiger partial charge in [-0.25, -0.2) is 17.5 Å². The molecule has 0 aliphatic rings. The smallest absolute Gasteiger partial charge is 0.240 e. The minimum absolute atomic E-state index is 0.195. The van der Waals surface area contributed by atoms with Gasteiger partial charge in [0.25, 0.3) is 0 Å². The third-order valence-electron chi connectivity index (χ3n) is 3.65. The van der Waals surface area contributed by atoms with Crippen molar-refractivity contribution in [2.75, 3.05) is 6.54 Å². The topological polar surface area (TPSA) is 79.5 Å². The molecule has 5 nitrogen and oxygen atoms in total. The van der Waals surface area contributed by atoms with Crippen LogP contribution in [-0.2, 0) is 15.6 Å². The molecule has 0 saturated heterocycles. The Kier molecular flexibility index (Phi) is 4.99. The molecule has 2 N–H and O–H groups in total. The number of hydrogen-bond acceptors (Lipinski definition) is 5. The van der Waals surface area contributed by atoms with Gasteiger partial charge in [0.05, 0.1) is 22.4 Å². The third kappa shape index (κ3) is 3.63. The number of sulfonamides is 1. The fourth-order valence-electron chi connectivity index (χ4n) is 2.27. The summed E-state index contributed by atoms with van der Waals surface area (Å²) in [5.74, 6) is -0.714. The minimum atomic E-state index is -4.00. The van der Waals surface area contributed by atoms with Gasteiger partial charge in [-0.3, -0.25) is 0 Å². The number of benzene rings is 1. The minimum Gasteiger partial charge on any atom is -0.472 e. The van der Waals surface area contributed by atoms with Crippen LogP contribution < -0.4 is 4.72 Å². The van der Waals surface area contributed by atoms with Crippen LogP contribution in [0.15, 0.2) is 63.6 Å². The van der Waals surface area contributed by atoms with Gasteiger partial charge in [0, 0.05) is 17.0 Å². The molecule has 0 aliphatic heterocycles. The van der Waals surface area contributed by atoms with Crippen LogP contribution in [0.3, 0.4) is 0 Å². The molecule has 25 heavy (non-hydrogen) atoms.